The summed E-state index contributed by atoms with van der Waals surface area (Å²) in [6, 6.07) is 0. The molecule has 0 atom stereocenters. The summed E-state index contributed by atoms with van der Waals surface area (Å²) < 4.78 is 11.0. The van der Waals surface area contributed by atoms with E-state index in [0.717, 1.165) is 0 Å². The van der Waals surface area contributed by atoms with Crippen molar-refractivity contribution in [1.82, 2.24) is 15.1 Å². The van der Waals surface area contributed by atoms with Crippen molar-refractivity contribution in [2.45, 2.75) is 5.79 Å². The number of hydrogen-bond donors (Lipinski definition) is 1. The molecule has 0 bridgehead atoms. The van der Waals surface area contributed by atoms with Crippen LogP contribution in [0.4, 0.5) is 0 Å². The molecule has 1 amide bonds. The van der Waals surface area contributed by atoms with Crippen LogP contribution >= 0.6 is 46.4 Å². The van der Waals surface area contributed by atoms with Gasteiger partial charge in [-0.3, -0.25) is 14.6 Å². The molecule has 26 heavy (non-hydrogen) atoms. The fourth-order valence-corrected chi connectivity index (χ4v) is 4.97. The number of carbonyl (C=O) groups is 1. The van der Waals surface area contributed by atoms with Gasteiger partial charge in [-0.2, -0.15) is 0 Å². The molecule has 3 aliphatic rings. The minimum atomic E-state index is -0.949. The first-order valence-electron chi connectivity index (χ1n) is 8.33. The molecule has 1 N–H and O–H groups in total. The predicted octanol–water partition coefficient (Wildman–Crippen LogP) is 2.82. The number of halogens is 4. The number of benzene rings is 1. The number of nitrogens with zero attached hydrogens (tertiary/aromatic N) is 2. The minimum Gasteiger partial charge on any atom is -0.379 e. The molecule has 3 heterocycles. The number of amides is 1. The third kappa shape index (κ3) is 2.74. The molecule has 142 valence electrons. The Bertz CT molecular complexity index is 731. The molecule has 0 spiro atoms. The summed E-state index contributed by atoms with van der Waals surface area (Å²) in [5, 5.41) is 3.73. The summed E-state index contributed by atoms with van der Waals surface area (Å²) in [5.74, 6) is -1.27. The van der Waals surface area contributed by atoms with Gasteiger partial charge in [0.1, 0.15) is 0 Å². The first-order valence-corrected chi connectivity index (χ1v) is 9.84. The molecule has 0 radical (unpaired) electrons. The van der Waals surface area contributed by atoms with Crippen LogP contribution in [-0.2, 0) is 15.3 Å². The highest BCUT2D eigenvalue weighted by Crippen LogP contribution is 2.50. The lowest BCUT2D eigenvalue weighted by Crippen LogP contribution is -2.68. The lowest BCUT2D eigenvalue weighted by Gasteiger charge is -2.51. The van der Waals surface area contributed by atoms with Gasteiger partial charge in [0, 0.05) is 31.7 Å². The molecule has 6 nitrogen and oxygen atoms in total. The van der Waals surface area contributed by atoms with Crippen LogP contribution in [0.5, 0.6) is 0 Å². The minimum absolute atomic E-state index is 0.0898. The maximum atomic E-state index is 12.9. The van der Waals surface area contributed by atoms with E-state index in [1.54, 1.807) is 0 Å². The van der Waals surface area contributed by atoms with Gasteiger partial charge < -0.3 is 14.8 Å². The van der Waals surface area contributed by atoms with Crippen LogP contribution in [0, 0.1) is 0 Å². The van der Waals surface area contributed by atoms with Crippen molar-refractivity contribution in [3.05, 3.63) is 31.2 Å². The smallest absolute Gasteiger partial charge is 0.256 e. The Balaban J connectivity index is 1.95. The van der Waals surface area contributed by atoms with Crippen molar-refractivity contribution >= 4 is 52.3 Å². The van der Waals surface area contributed by atoms with E-state index in [1.807, 2.05) is 0 Å². The average Bonchev–Trinajstić information content (AvgIpc) is 3.00. The number of nitrogens with one attached hydrogen (secondary N) is 1. The highest BCUT2D eigenvalue weighted by atomic mass is 35.5. The molecule has 0 saturated carbocycles. The summed E-state index contributed by atoms with van der Waals surface area (Å²) in [5.41, 5.74) is 0.844. The highest BCUT2D eigenvalue weighted by Gasteiger charge is 2.55. The first kappa shape index (κ1) is 19.0. The van der Waals surface area contributed by atoms with E-state index in [-0.39, 0.29) is 31.6 Å². The van der Waals surface area contributed by atoms with Crippen LogP contribution in [0.1, 0.15) is 15.9 Å². The van der Waals surface area contributed by atoms with E-state index in [1.165, 1.54) is 0 Å². The van der Waals surface area contributed by atoms with E-state index in [0.29, 0.717) is 58.2 Å². The summed E-state index contributed by atoms with van der Waals surface area (Å²) in [6.45, 7) is 4.76. The van der Waals surface area contributed by atoms with Gasteiger partial charge in [-0.05, 0) is 0 Å². The summed E-state index contributed by atoms with van der Waals surface area (Å²) >= 11 is 25.6. The molecular weight excluding hydrogens is 424 g/mol. The Morgan fingerprint density at radius 3 is 1.73 bits per heavy atom. The average molecular weight is 441 g/mol. The van der Waals surface area contributed by atoms with Gasteiger partial charge in [0.2, 0.25) is 0 Å². The second kappa shape index (κ2) is 7.26. The molecule has 0 aliphatic carbocycles. The van der Waals surface area contributed by atoms with Crippen LogP contribution in [0.25, 0.3) is 0 Å². The summed E-state index contributed by atoms with van der Waals surface area (Å²) in [7, 11) is 0. The maximum Gasteiger partial charge on any atom is 0.256 e. The molecule has 4 rings (SSSR count). The van der Waals surface area contributed by atoms with Crippen molar-refractivity contribution in [3.8, 4) is 0 Å². The van der Waals surface area contributed by atoms with Gasteiger partial charge >= 0.3 is 0 Å². The van der Waals surface area contributed by atoms with Crippen molar-refractivity contribution in [3.63, 3.8) is 0 Å². The standard InChI is InChI=1S/C16H17Cl4N3O3/c17-11-9-10(12(18)14(20)13(11)19)16(21-15(9)24,22-1-5-25-6-2-22)23-3-7-26-8-4-23/h1-8H2,(H,21,24). The van der Waals surface area contributed by atoms with Crippen LogP contribution in [0.3, 0.4) is 0 Å². The second-order valence-corrected chi connectivity index (χ2v) is 7.84. The molecular formula is C16H17Cl4N3O3. The molecule has 2 saturated heterocycles. The van der Waals surface area contributed by atoms with E-state index in [9.17, 15) is 4.79 Å². The zero-order valence-corrected chi connectivity index (χ0v) is 16.8. The summed E-state index contributed by atoms with van der Waals surface area (Å²) in [6.07, 6.45) is 0. The van der Waals surface area contributed by atoms with Crippen molar-refractivity contribution in [2.24, 2.45) is 0 Å². The van der Waals surface area contributed by atoms with Crippen LogP contribution in [0.2, 0.25) is 20.1 Å². The SMILES string of the molecule is O=C1NC(N2CCOCC2)(N2CCOCC2)c2c(Cl)c(Cl)c(Cl)c(Cl)c21. The molecule has 10 heteroatoms. The summed E-state index contributed by atoms with van der Waals surface area (Å²) in [4.78, 5) is 17.2. The van der Waals surface area contributed by atoms with Crippen LogP contribution in [0.15, 0.2) is 0 Å². The molecule has 2 fully saturated rings. The number of carbonyl (C=O) groups excluding carboxylic acids is 1. The highest BCUT2D eigenvalue weighted by molar-refractivity contribution is 6.53. The monoisotopic (exact) mass is 439 g/mol. The van der Waals surface area contributed by atoms with Crippen molar-refractivity contribution in [2.75, 3.05) is 52.6 Å². The third-order valence-corrected chi connectivity index (χ3v) is 6.87. The van der Waals surface area contributed by atoms with E-state index in [2.05, 4.69) is 15.1 Å². The number of fused-ring (bicyclic) bond motifs is 1. The largest absolute Gasteiger partial charge is 0.379 e. The Morgan fingerprint density at radius 1 is 0.769 bits per heavy atom. The lowest BCUT2D eigenvalue weighted by atomic mass is 10.0. The Hall–Kier alpha value is -0.310. The molecule has 1 aromatic carbocycles. The molecule has 1 aromatic rings. The molecule has 0 aromatic heterocycles. The normalized spacial score (nSPS) is 23.8. The third-order valence-electron chi connectivity index (χ3n) is 5.07. The van der Waals surface area contributed by atoms with Crippen LogP contribution in [-0.4, -0.2) is 68.3 Å². The topological polar surface area (TPSA) is 54.0 Å². The van der Waals surface area contributed by atoms with Gasteiger partial charge in [-0.25, -0.2) is 0 Å². The van der Waals surface area contributed by atoms with Gasteiger partial charge in [0.25, 0.3) is 5.91 Å². The van der Waals surface area contributed by atoms with Gasteiger partial charge in [0.15, 0.2) is 5.79 Å². The number of morpholine rings is 2. The van der Waals surface area contributed by atoms with Gasteiger partial charge in [-0.15, -0.1) is 0 Å². The van der Waals surface area contributed by atoms with Crippen molar-refractivity contribution in [1.29, 1.82) is 0 Å². The number of ether oxygens (including phenoxy) is 2. The van der Waals surface area contributed by atoms with Gasteiger partial charge in [-0.1, -0.05) is 46.4 Å². The number of rotatable bonds is 2. The fraction of sp³-hybridized carbons (Fsp3) is 0.562. The maximum absolute atomic E-state index is 12.9. The van der Waals surface area contributed by atoms with Crippen molar-refractivity contribution < 1.29 is 14.3 Å². The van der Waals surface area contributed by atoms with Crippen LogP contribution < -0.4 is 5.32 Å². The van der Waals surface area contributed by atoms with Gasteiger partial charge in [0.05, 0.1) is 52.1 Å². The first-order chi connectivity index (χ1) is 12.5. The zero-order chi connectivity index (χ0) is 18.5. The van der Waals surface area contributed by atoms with E-state index in [4.69, 9.17) is 55.9 Å². The molecule has 3 aliphatic heterocycles. The Labute approximate surface area is 171 Å². The lowest BCUT2D eigenvalue weighted by molar-refractivity contribution is -0.141. The second-order valence-electron chi connectivity index (χ2n) is 6.33. The Morgan fingerprint density at radius 2 is 1.23 bits per heavy atom. The Kier molecular flexibility index (Phi) is 5.31. The number of hydrogen-bond acceptors (Lipinski definition) is 5. The molecule has 0 unspecified atom stereocenters. The predicted molar refractivity (Wildman–Crippen MR) is 100 cm³/mol. The quantitative estimate of drug-likeness (QED) is 0.566. The van der Waals surface area contributed by atoms with E-state index < -0.39 is 5.79 Å². The van der Waals surface area contributed by atoms with E-state index >= 15 is 0 Å². The fourth-order valence-electron chi connectivity index (χ4n) is 3.90. The zero-order valence-electron chi connectivity index (χ0n) is 13.8.